The second kappa shape index (κ2) is 12.9. The van der Waals surface area contributed by atoms with Gasteiger partial charge in [-0.15, -0.1) is 35.3 Å². The lowest BCUT2D eigenvalue weighted by Gasteiger charge is -2.37. The van der Waals surface area contributed by atoms with Gasteiger partial charge in [0.05, 0.1) is 19.8 Å². The van der Waals surface area contributed by atoms with Crippen LogP contribution in [0.1, 0.15) is 37.0 Å². The van der Waals surface area contributed by atoms with Crippen LogP contribution in [0.25, 0.3) is 0 Å². The van der Waals surface area contributed by atoms with Crippen LogP contribution in [0.2, 0.25) is 0 Å². The highest BCUT2D eigenvalue weighted by Crippen LogP contribution is 2.40. The molecule has 1 saturated carbocycles. The molecule has 0 atom stereocenters. The summed E-state index contributed by atoms with van der Waals surface area (Å²) in [5.41, 5.74) is 0.263. The summed E-state index contributed by atoms with van der Waals surface area (Å²) in [7, 11) is 3.50. The van der Waals surface area contributed by atoms with E-state index in [4.69, 9.17) is 9.47 Å². The van der Waals surface area contributed by atoms with Crippen LogP contribution in [-0.4, -0.2) is 53.0 Å². The normalized spacial score (nSPS) is 17.0. The van der Waals surface area contributed by atoms with Crippen LogP contribution >= 0.6 is 35.3 Å². The van der Waals surface area contributed by atoms with Crippen molar-refractivity contribution in [2.75, 3.05) is 47.1 Å². The molecule has 2 rings (SSSR count). The zero-order valence-corrected chi connectivity index (χ0v) is 18.5. The fourth-order valence-corrected chi connectivity index (χ4v) is 4.27. The number of rotatable bonds is 9. The van der Waals surface area contributed by atoms with E-state index >= 15 is 0 Å². The van der Waals surface area contributed by atoms with Crippen LogP contribution in [0.5, 0.6) is 0 Å². The van der Waals surface area contributed by atoms with Crippen molar-refractivity contribution in [2.45, 2.75) is 37.5 Å². The molecule has 0 amide bonds. The van der Waals surface area contributed by atoms with Gasteiger partial charge in [-0.1, -0.05) is 25.3 Å². The Morgan fingerprint density at radius 1 is 1.20 bits per heavy atom. The van der Waals surface area contributed by atoms with Crippen molar-refractivity contribution in [2.24, 2.45) is 4.99 Å². The summed E-state index contributed by atoms with van der Waals surface area (Å²) in [6, 6.07) is 4.46. The van der Waals surface area contributed by atoms with Crippen molar-refractivity contribution in [1.82, 2.24) is 10.6 Å². The molecule has 1 fully saturated rings. The lowest BCUT2D eigenvalue weighted by Crippen LogP contribution is -2.46. The monoisotopic (exact) mass is 481 g/mol. The van der Waals surface area contributed by atoms with E-state index in [1.54, 1.807) is 7.11 Å². The number of hydrogen-bond donors (Lipinski definition) is 2. The average molecular weight is 481 g/mol. The molecule has 0 spiro atoms. The van der Waals surface area contributed by atoms with E-state index in [0.29, 0.717) is 19.8 Å². The predicted octanol–water partition coefficient (Wildman–Crippen LogP) is 3.40. The third kappa shape index (κ3) is 7.40. The number of nitrogens with zero attached hydrogens (tertiary/aromatic N) is 1. The number of guanidine groups is 1. The van der Waals surface area contributed by atoms with Crippen molar-refractivity contribution in [3.05, 3.63) is 22.4 Å². The molecule has 0 unspecified atom stereocenters. The smallest absolute Gasteiger partial charge is 0.191 e. The SMILES string of the molecule is CN=C(NCCOCCOC)NCC1(c2cccs2)CCCCC1.I. The maximum Gasteiger partial charge on any atom is 0.191 e. The molecule has 0 aromatic carbocycles. The molecule has 5 nitrogen and oxygen atoms in total. The number of halogens is 1. The quantitative estimate of drug-likeness (QED) is 0.246. The largest absolute Gasteiger partial charge is 0.382 e. The Morgan fingerprint density at radius 3 is 2.64 bits per heavy atom. The van der Waals surface area contributed by atoms with Gasteiger partial charge in [0, 0.05) is 37.5 Å². The standard InChI is InChI=1S/C18H31N3O2S.HI/c1-19-17(20-10-11-23-13-12-22-2)21-15-18(8-4-3-5-9-18)16-7-6-14-24-16;/h6-7,14H,3-5,8-13,15H2,1-2H3,(H2,19,20,21);1H. The van der Waals surface area contributed by atoms with Gasteiger partial charge >= 0.3 is 0 Å². The highest BCUT2D eigenvalue weighted by Gasteiger charge is 2.34. The Kier molecular flexibility index (Phi) is 11.7. The highest BCUT2D eigenvalue weighted by atomic mass is 127. The first-order chi connectivity index (χ1) is 11.8. The Labute approximate surface area is 173 Å². The lowest BCUT2D eigenvalue weighted by molar-refractivity contribution is 0.0733. The third-order valence-corrected chi connectivity index (χ3v) is 5.76. The van der Waals surface area contributed by atoms with E-state index in [1.807, 2.05) is 18.4 Å². The van der Waals surface area contributed by atoms with Crippen molar-refractivity contribution in [3.63, 3.8) is 0 Å². The molecule has 1 aliphatic rings. The van der Waals surface area contributed by atoms with Crippen molar-refractivity contribution in [1.29, 1.82) is 0 Å². The number of hydrogen-bond acceptors (Lipinski definition) is 4. The summed E-state index contributed by atoms with van der Waals surface area (Å²) < 4.78 is 10.4. The minimum Gasteiger partial charge on any atom is -0.382 e. The van der Waals surface area contributed by atoms with Gasteiger partial charge in [0.25, 0.3) is 0 Å². The maximum absolute atomic E-state index is 5.47. The van der Waals surface area contributed by atoms with E-state index in [1.165, 1.54) is 37.0 Å². The van der Waals surface area contributed by atoms with Crippen LogP contribution in [0.3, 0.4) is 0 Å². The van der Waals surface area contributed by atoms with E-state index in [9.17, 15) is 0 Å². The molecular weight excluding hydrogens is 449 g/mol. The van der Waals surface area contributed by atoms with Gasteiger partial charge in [-0.25, -0.2) is 0 Å². The van der Waals surface area contributed by atoms with Gasteiger partial charge < -0.3 is 20.1 Å². The minimum atomic E-state index is 0. The van der Waals surface area contributed by atoms with Gasteiger partial charge in [-0.2, -0.15) is 0 Å². The van der Waals surface area contributed by atoms with Gasteiger partial charge in [0.2, 0.25) is 0 Å². The summed E-state index contributed by atoms with van der Waals surface area (Å²) in [5.74, 6) is 0.854. The van der Waals surface area contributed by atoms with E-state index in [2.05, 4.69) is 33.1 Å². The summed E-state index contributed by atoms with van der Waals surface area (Å²) in [5, 5.41) is 9.05. The second-order valence-electron chi connectivity index (χ2n) is 6.28. The van der Waals surface area contributed by atoms with Crippen LogP contribution in [0.4, 0.5) is 0 Å². The molecule has 1 aromatic heterocycles. The van der Waals surface area contributed by atoms with E-state index in [-0.39, 0.29) is 29.4 Å². The summed E-state index contributed by atoms with van der Waals surface area (Å²) in [4.78, 5) is 5.84. The third-order valence-electron chi connectivity index (χ3n) is 4.64. The zero-order chi connectivity index (χ0) is 17.1. The van der Waals surface area contributed by atoms with Gasteiger partial charge in [-0.3, -0.25) is 4.99 Å². The van der Waals surface area contributed by atoms with Crippen LogP contribution in [-0.2, 0) is 14.9 Å². The Hall–Kier alpha value is -0.380. The Balaban J connectivity index is 0.00000312. The van der Waals surface area contributed by atoms with Gasteiger partial charge in [0.15, 0.2) is 5.96 Å². The first-order valence-electron chi connectivity index (χ1n) is 8.86. The fourth-order valence-electron chi connectivity index (χ4n) is 3.28. The van der Waals surface area contributed by atoms with Gasteiger partial charge in [-0.05, 0) is 24.3 Å². The Morgan fingerprint density at radius 2 is 2.00 bits per heavy atom. The number of aliphatic imine (C=N–C) groups is 1. The first-order valence-corrected chi connectivity index (χ1v) is 9.74. The van der Waals surface area contributed by atoms with Crippen LogP contribution < -0.4 is 10.6 Å². The van der Waals surface area contributed by atoms with Crippen LogP contribution in [0, 0.1) is 0 Å². The number of thiophene rings is 1. The molecule has 1 aromatic rings. The molecule has 0 aliphatic heterocycles. The predicted molar refractivity (Wildman–Crippen MR) is 117 cm³/mol. The summed E-state index contributed by atoms with van der Waals surface area (Å²) >= 11 is 1.88. The minimum absolute atomic E-state index is 0. The maximum atomic E-state index is 5.47. The molecule has 0 bridgehead atoms. The molecule has 1 heterocycles. The number of nitrogens with one attached hydrogen (secondary N) is 2. The number of ether oxygens (including phenoxy) is 2. The molecule has 25 heavy (non-hydrogen) atoms. The number of methoxy groups -OCH3 is 1. The van der Waals surface area contributed by atoms with Crippen LogP contribution in [0.15, 0.2) is 22.5 Å². The van der Waals surface area contributed by atoms with Crippen molar-refractivity contribution in [3.8, 4) is 0 Å². The molecule has 2 N–H and O–H groups in total. The summed E-state index contributed by atoms with van der Waals surface area (Å²) in [6.45, 7) is 3.61. The lowest BCUT2D eigenvalue weighted by atomic mass is 9.73. The van der Waals surface area contributed by atoms with E-state index < -0.39 is 0 Å². The van der Waals surface area contributed by atoms with Crippen molar-refractivity contribution < 1.29 is 9.47 Å². The molecule has 144 valence electrons. The molecular formula is C18H32IN3O2S. The molecule has 0 saturated heterocycles. The molecule has 7 heteroatoms. The highest BCUT2D eigenvalue weighted by molar-refractivity contribution is 14.0. The zero-order valence-electron chi connectivity index (χ0n) is 15.4. The van der Waals surface area contributed by atoms with Gasteiger partial charge in [0.1, 0.15) is 0 Å². The molecule has 0 radical (unpaired) electrons. The summed E-state index contributed by atoms with van der Waals surface area (Å²) in [6.07, 6.45) is 6.52. The molecule has 1 aliphatic carbocycles. The first kappa shape index (κ1) is 22.7. The average Bonchev–Trinajstić information content (AvgIpc) is 3.17. The van der Waals surface area contributed by atoms with E-state index in [0.717, 1.165) is 19.0 Å². The van der Waals surface area contributed by atoms with Crippen molar-refractivity contribution >= 4 is 41.3 Å². The second-order valence-corrected chi connectivity index (χ2v) is 7.22. The fraction of sp³-hybridized carbons (Fsp3) is 0.722. The topological polar surface area (TPSA) is 54.9 Å². The Bertz CT molecular complexity index is 477.